The van der Waals surface area contributed by atoms with E-state index in [0.717, 1.165) is 11.6 Å². The quantitative estimate of drug-likeness (QED) is 0.502. The van der Waals surface area contributed by atoms with Gasteiger partial charge in [-0.3, -0.25) is 10.1 Å². The Kier molecular flexibility index (Phi) is 3.47. The highest BCUT2D eigenvalue weighted by molar-refractivity contribution is 5.74. The minimum absolute atomic E-state index is 0.145. The fraction of sp³-hybridized carbons (Fsp3) is 0. The van der Waals surface area contributed by atoms with Crippen LogP contribution in [-0.2, 0) is 0 Å². The lowest BCUT2D eigenvalue weighted by Gasteiger charge is -1.99. The van der Waals surface area contributed by atoms with E-state index in [1.807, 2.05) is 0 Å². The van der Waals surface area contributed by atoms with Gasteiger partial charge in [0.25, 0.3) is 5.69 Å². The molecule has 0 bridgehead atoms. The lowest BCUT2D eigenvalue weighted by molar-refractivity contribution is -0.385. The minimum Gasteiger partial charge on any atom is -0.508 e. The van der Waals surface area contributed by atoms with Gasteiger partial charge < -0.3 is 10.2 Å². The molecule has 19 heavy (non-hydrogen) atoms. The topological polar surface area (TPSA) is 83.6 Å². The van der Waals surface area contributed by atoms with E-state index in [4.69, 9.17) is 5.11 Å². The van der Waals surface area contributed by atoms with Crippen molar-refractivity contribution in [2.75, 3.05) is 0 Å². The summed E-state index contributed by atoms with van der Waals surface area (Å²) in [5, 5.41) is 29.3. The monoisotopic (exact) mass is 257 g/mol. The van der Waals surface area contributed by atoms with Gasteiger partial charge in [0.05, 0.1) is 16.6 Å². The second kappa shape index (κ2) is 5.22. The van der Waals surface area contributed by atoms with E-state index < -0.39 is 4.92 Å². The van der Waals surface area contributed by atoms with Crippen LogP contribution in [0.3, 0.4) is 0 Å². The number of nitrogens with zero attached hydrogens (tertiary/aromatic N) is 1. The molecule has 0 fully saturated rings. The van der Waals surface area contributed by atoms with Gasteiger partial charge in [0.1, 0.15) is 11.5 Å². The highest BCUT2D eigenvalue weighted by Gasteiger charge is 2.11. The largest absolute Gasteiger partial charge is 0.508 e. The smallest absolute Gasteiger partial charge is 0.280 e. The van der Waals surface area contributed by atoms with Crippen molar-refractivity contribution in [2.45, 2.75) is 0 Å². The molecule has 0 aliphatic rings. The summed E-state index contributed by atoms with van der Waals surface area (Å²) in [5.41, 5.74) is 1.05. The van der Waals surface area contributed by atoms with Crippen molar-refractivity contribution in [2.24, 2.45) is 0 Å². The average Bonchev–Trinajstić information content (AvgIpc) is 2.39. The van der Waals surface area contributed by atoms with Gasteiger partial charge >= 0.3 is 0 Å². The summed E-state index contributed by atoms with van der Waals surface area (Å²) in [4.78, 5) is 10.3. The summed E-state index contributed by atoms with van der Waals surface area (Å²) < 4.78 is 0. The maximum atomic E-state index is 10.9. The van der Waals surface area contributed by atoms with Crippen LogP contribution in [0.4, 0.5) is 5.69 Å². The summed E-state index contributed by atoms with van der Waals surface area (Å²) in [6.45, 7) is 0. The standard InChI is InChI=1S/C14H11NO4/c16-12-6-2-10(3-7-12)1-4-11-5-8-13(17)9-14(11)15(18)19/h1-9,16-17H/b4-1+. The minimum atomic E-state index is -0.545. The van der Waals surface area contributed by atoms with Crippen LogP contribution in [-0.4, -0.2) is 15.1 Å². The molecular formula is C14H11NO4. The number of hydrogen-bond acceptors (Lipinski definition) is 4. The molecular weight excluding hydrogens is 246 g/mol. The summed E-state index contributed by atoms with van der Waals surface area (Å²) in [7, 11) is 0. The molecule has 0 aliphatic carbocycles. The zero-order valence-electron chi connectivity index (χ0n) is 9.85. The molecule has 2 rings (SSSR count). The van der Waals surface area contributed by atoms with Gasteiger partial charge in [-0.05, 0) is 35.9 Å². The number of aromatic hydroxyl groups is 2. The van der Waals surface area contributed by atoms with Crippen molar-refractivity contribution < 1.29 is 15.1 Å². The Bertz CT molecular complexity index is 632. The Hall–Kier alpha value is -2.82. The van der Waals surface area contributed by atoms with Crippen LogP contribution in [0.1, 0.15) is 11.1 Å². The van der Waals surface area contributed by atoms with Crippen LogP contribution < -0.4 is 0 Å². The van der Waals surface area contributed by atoms with E-state index in [0.29, 0.717) is 5.56 Å². The molecule has 0 saturated carbocycles. The van der Waals surface area contributed by atoms with E-state index in [9.17, 15) is 15.2 Å². The molecule has 5 heteroatoms. The molecule has 0 atom stereocenters. The number of phenols is 2. The van der Waals surface area contributed by atoms with Crippen molar-refractivity contribution in [1.82, 2.24) is 0 Å². The van der Waals surface area contributed by atoms with Crippen molar-refractivity contribution in [3.05, 3.63) is 63.7 Å². The van der Waals surface area contributed by atoms with Gasteiger partial charge in [0, 0.05) is 0 Å². The van der Waals surface area contributed by atoms with E-state index in [2.05, 4.69) is 0 Å². The zero-order chi connectivity index (χ0) is 13.8. The molecule has 0 saturated heterocycles. The van der Waals surface area contributed by atoms with Gasteiger partial charge in [-0.25, -0.2) is 0 Å². The third-order valence-electron chi connectivity index (χ3n) is 2.56. The Morgan fingerprint density at radius 3 is 2.21 bits per heavy atom. The maximum Gasteiger partial charge on any atom is 0.280 e. The lowest BCUT2D eigenvalue weighted by atomic mass is 10.1. The number of phenolic OH excluding ortho intramolecular Hbond substituents is 2. The van der Waals surface area contributed by atoms with Gasteiger partial charge in [-0.2, -0.15) is 0 Å². The SMILES string of the molecule is O=[N+]([O-])c1cc(O)ccc1/C=C/c1ccc(O)cc1. The third-order valence-corrected chi connectivity index (χ3v) is 2.56. The summed E-state index contributed by atoms with van der Waals surface area (Å²) in [6, 6.07) is 10.4. The predicted octanol–water partition coefficient (Wildman–Crippen LogP) is 3.18. The molecule has 0 aromatic heterocycles. The van der Waals surface area contributed by atoms with Gasteiger partial charge in [0.15, 0.2) is 0 Å². The Morgan fingerprint density at radius 2 is 1.58 bits per heavy atom. The van der Waals surface area contributed by atoms with Gasteiger partial charge in [0.2, 0.25) is 0 Å². The fourth-order valence-electron chi connectivity index (χ4n) is 1.60. The normalized spacial score (nSPS) is 10.7. The molecule has 0 aliphatic heterocycles. The predicted molar refractivity (Wildman–Crippen MR) is 71.8 cm³/mol. The number of nitro benzene ring substituents is 1. The Balaban J connectivity index is 2.32. The second-order valence-corrected chi connectivity index (χ2v) is 3.93. The van der Waals surface area contributed by atoms with Crippen molar-refractivity contribution >= 4 is 17.8 Å². The zero-order valence-corrected chi connectivity index (χ0v) is 9.85. The molecule has 0 unspecified atom stereocenters. The average molecular weight is 257 g/mol. The molecule has 0 radical (unpaired) electrons. The van der Waals surface area contributed by atoms with E-state index in [-0.39, 0.29) is 17.2 Å². The molecule has 5 nitrogen and oxygen atoms in total. The van der Waals surface area contributed by atoms with Crippen LogP contribution >= 0.6 is 0 Å². The maximum absolute atomic E-state index is 10.9. The van der Waals surface area contributed by atoms with Crippen molar-refractivity contribution in [3.8, 4) is 11.5 Å². The third kappa shape index (κ3) is 3.10. The first-order chi connectivity index (χ1) is 9.06. The Morgan fingerprint density at radius 1 is 0.947 bits per heavy atom. The van der Waals surface area contributed by atoms with E-state index in [1.165, 1.54) is 24.3 Å². The fourth-order valence-corrected chi connectivity index (χ4v) is 1.60. The molecule has 0 heterocycles. The highest BCUT2D eigenvalue weighted by Crippen LogP contribution is 2.25. The van der Waals surface area contributed by atoms with Crippen LogP contribution in [0.25, 0.3) is 12.2 Å². The summed E-state index contributed by atoms with van der Waals surface area (Å²) in [5.74, 6) is 0.0150. The first-order valence-corrected chi connectivity index (χ1v) is 5.51. The molecule has 2 N–H and O–H groups in total. The molecule has 0 amide bonds. The number of rotatable bonds is 3. The van der Waals surface area contributed by atoms with Crippen LogP contribution in [0.5, 0.6) is 11.5 Å². The molecule has 0 spiro atoms. The first-order valence-electron chi connectivity index (χ1n) is 5.51. The summed E-state index contributed by atoms with van der Waals surface area (Å²) >= 11 is 0. The van der Waals surface area contributed by atoms with Crippen LogP contribution in [0, 0.1) is 10.1 Å². The number of nitro groups is 1. The summed E-state index contributed by atoms with van der Waals surface area (Å²) in [6.07, 6.45) is 3.28. The highest BCUT2D eigenvalue weighted by atomic mass is 16.6. The van der Waals surface area contributed by atoms with Crippen LogP contribution in [0.15, 0.2) is 42.5 Å². The van der Waals surface area contributed by atoms with Crippen molar-refractivity contribution in [1.29, 1.82) is 0 Å². The van der Waals surface area contributed by atoms with Crippen molar-refractivity contribution in [3.63, 3.8) is 0 Å². The Labute approximate surface area is 109 Å². The number of hydrogen-bond donors (Lipinski definition) is 2. The van der Waals surface area contributed by atoms with Gasteiger partial charge in [-0.1, -0.05) is 18.2 Å². The molecule has 96 valence electrons. The van der Waals surface area contributed by atoms with Crippen LogP contribution in [0.2, 0.25) is 0 Å². The first kappa shape index (κ1) is 12.6. The lowest BCUT2D eigenvalue weighted by Crippen LogP contribution is -1.90. The van der Waals surface area contributed by atoms with Gasteiger partial charge in [-0.15, -0.1) is 0 Å². The molecule has 2 aromatic carbocycles. The van der Waals surface area contributed by atoms with E-state index in [1.54, 1.807) is 24.3 Å². The molecule has 2 aromatic rings. The number of benzene rings is 2. The van der Waals surface area contributed by atoms with E-state index >= 15 is 0 Å². The second-order valence-electron chi connectivity index (χ2n) is 3.93.